The number of amides is 1. The number of carbonyl (C=O) groups excluding carboxylic acids is 1. The van der Waals surface area contributed by atoms with Crippen molar-refractivity contribution < 1.29 is 14.3 Å². The summed E-state index contributed by atoms with van der Waals surface area (Å²) in [6.07, 6.45) is 0. The van der Waals surface area contributed by atoms with Crippen molar-refractivity contribution >= 4 is 5.91 Å². The Labute approximate surface area is 175 Å². The van der Waals surface area contributed by atoms with Crippen molar-refractivity contribution in [3.8, 4) is 22.8 Å². The number of hydrogen-bond acceptors (Lipinski definition) is 5. The van der Waals surface area contributed by atoms with Crippen LogP contribution in [0.25, 0.3) is 11.3 Å². The fourth-order valence-corrected chi connectivity index (χ4v) is 2.92. The molecule has 0 aliphatic rings. The second kappa shape index (κ2) is 9.73. The van der Waals surface area contributed by atoms with Crippen LogP contribution in [0.15, 0.2) is 59.4 Å². The summed E-state index contributed by atoms with van der Waals surface area (Å²) in [4.78, 5) is 24.2. The molecule has 7 heteroatoms. The number of ether oxygens (including phenoxy) is 2. The van der Waals surface area contributed by atoms with Crippen LogP contribution in [0, 0.1) is 13.8 Å². The zero-order valence-electron chi connectivity index (χ0n) is 17.3. The molecule has 0 unspecified atom stereocenters. The number of aromatic nitrogens is 2. The minimum Gasteiger partial charge on any atom is -0.497 e. The SMILES string of the molecule is COc1cccc(-c2ccc(=O)n(CCNC(=O)COc3cccc(C)c3C)n2)c1. The zero-order chi connectivity index (χ0) is 21.5. The maximum atomic E-state index is 12.1. The molecule has 0 saturated carbocycles. The number of rotatable bonds is 8. The summed E-state index contributed by atoms with van der Waals surface area (Å²) in [5.74, 6) is 1.14. The van der Waals surface area contributed by atoms with Crippen LogP contribution in [0.3, 0.4) is 0 Å². The van der Waals surface area contributed by atoms with Crippen molar-refractivity contribution in [2.45, 2.75) is 20.4 Å². The normalized spacial score (nSPS) is 10.5. The molecule has 156 valence electrons. The van der Waals surface area contributed by atoms with E-state index in [1.165, 1.54) is 10.7 Å². The maximum Gasteiger partial charge on any atom is 0.266 e. The van der Waals surface area contributed by atoms with E-state index in [1.807, 2.05) is 56.3 Å². The number of hydrogen-bond donors (Lipinski definition) is 1. The highest BCUT2D eigenvalue weighted by molar-refractivity contribution is 5.77. The monoisotopic (exact) mass is 407 g/mol. The molecule has 0 spiro atoms. The average Bonchev–Trinajstić information content (AvgIpc) is 2.76. The zero-order valence-corrected chi connectivity index (χ0v) is 17.3. The largest absolute Gasteiger partial charge is 0.497 e. The molecule has 2 aromatic carbocycles. The van der Waals surface area contributed by atoms with Gasteiger partial charge in [0, 0.05) is 18.2 Å². The fraction of sp³-hybridized carbons (Fsp3) is 0.261. The molecular weight excluding hydrogens is 382 g/mol. The highest BCUT2D eigenvalue weighted by Gasteiger charge is 2.08. The smallest absolute Gasteiger partial charge is 0.266 e. The Balaban J connectivity index is 1.57. The van der Waals surface area contributed by atoms with Crippen molar-refractivity contribution in [1.29, 1.82) is 0 Å². The number of carbonyl (C=O) groups is 1. The molecule has 1 amide bonds. The quantitative estimate of drug-likeness (QED) is 0.621. The molecule has 0 bridgehead atoms. The number of nitrogens with zero attached hydrogens (tertiary/aromatic N) is 2. The molecule has 0 fully saturated rings. The van der Waals surface area contributed by atoms with Gasteiger partial charge >= 0.3 is 0 Å². The summed E-state index contributed by atoms with van der Waals surface area (Å²) in [6, 6.07) is 16.3. The van der Waals surface area contributed by atoms with Crippen molar-refractivity contribution in [3.63, 3.8) is 0 Å². The van der Waals surface area contributed by atoms with Crippen molar-refractivity contribution in [3.05, 3.63) is 76.1 Å². The van der Waals surface area contributed by atoms with Crippen molar-refractivity contribution in [2.24, 2.45) is 0 Å². The Bertz CT molecular complexity index is 1090. The Hall–Kier alpha value is -3.61. The molecule has 0 saturated heterocycles. The predicted molar refractivity (Wildman–Crippen MR) is 115 cm³/mol. The second-order valence-electron chi connectivity index (χ2n) is 6.85. The molecular formula is C23H25N3O4. The first-order valence-corrected chi connectivity index (χ1v) is 9.66. The molecule has 1 N–H and O–H groups in total. The van der Waals surface area contributed by atoms with Crippen LogP contribution >= 0.6 is 0 Å². The highest BCUT2D eigenvalue weighted by Crippen LogP contribution is 2.21. The molecule has 1 aromatic heterocycles. The lowest BCUT2D eigenvalue weighted by atomic mass is 10.1. The van der Waals surface area contributed by atoms with E-state index in [0.29, 0.717) is 17.2 Å². The van der Waals surface area contributed by atoms with E-state index in [9.17, 15) is 9.59 Å². The highest BCUT2D eigenvalue weighted by atomic mass is 16.5. The Kier molecular flexibility index (Phi) is 6.85. The fourth-order valence-electron chi connectivity index (χ4n) is 2.92. The van der Waals surface area contributed by atoms with E-state index < -0.39 is 0 Å². The summed E-state index contributed by atoms with van der Waals surface area (Å²) in [5.41, 5.74) is 3.37. The average molecular weight is 407 g/mol. The molecule has 3 rings (SSSR count). The lowest BCUT2D eigenvalue weighted by molar-refractivity contribution is -0.123. The molecule has 0 radical (unpaired) electrons. The van der Waals surface area contributed by atoms with E-state index in [-0.39, 0.29) is 31.2 Å². The van der Waals surface area contributed by atoms with Gasteiger partial charge in [-0.05, 0) is 49.2 Å². The van der Waals surface area contributed by atoms with Crippen LogP contribution in [0.4, 0.5) is 0 Å². The Morgan fingerprint density at radius 3 is 2.70 bits per heavy atom. The van der Waals surface area contributed by atoms with Gasteiger partial charge in [-0.3, -0.25) is 9.59 Å². The summed E-state index contributed by atoms with van der Waals surface area (Å²) >= 11 is 0. The van der Waals surface area contributed by atoms with E-state index in [0.717, 1.165) is 16.7 Å². The van der Waals surface area contributed by atoms with Gasteiger partial charge in [-0.1, -0.05) is 24.3 Å². The first-order valence-electron chi connectivity index (χ1n) is 9.66. The maximum absolute atomic E-state index is 12.1. The molecule has 0 aliphatic heterocycles. The van der Waals surface area contributed by atoms with E-state index in [4.69, 9.17) is 9.47 Å². The van der Waals surface area contributed by atoms with Gasteiger partial charge in [0.25, 0.3) is 11.5 Å². The third-order valence-electron chi connectivity index (χ3n) is 4.79. The van der Waals surface area contributed by atoms with Crippen LogP contribution in [0.2, 0.25) is 0 Å². The standard InChI is InChI=1S/C23H25N3O4/c1-16-6-4-9-21(17(16)2)30-15-22(27)24-12-13-26-23(28)11-10-20(25-26)18-7-5-8-19(14-18)29-3/h4-11,14H,12-13,15H2,1-3H3,(H,24,27). The number of nitrogens with one attached hydrogen (secondary N) is 1. The number of aryl methyl sites for hydroxylation is 1. The van der Waals surface area contributed by atoms with E-state index in [1.54, 1.807) is 13.2 Å². The lowest BCUT2D eigenvalue weighted by Crippen LogP contribution is -2.34. The summed E-state index contributed by atoms with van der Waals surface area (Å²) < 4.78 is 12.2. The van der Waals surface area contributed by atoms with Crippen molar-refractivity contribution in [1.82, 2.24) is 15.1 Å². The molecule has 1 heterocycles. The van der Waals surface area contributed by atoms with Crippen LogP contribution in [0.5, 0.6) is 11.5 Å². The van der Waals surface area contributed by atoms with Crippen LogP contribution in [0.1, 0.15) is 11.1 Å². The Morgan fingerprint density at radius 1 is 1.10 bits per heavy atom. The topological polar surface area (TPSA) is 82.5 Å². The lowest BCUT2D eigenvalue weighted by Gasteiger charge is -2.11. The summed E-state index contributed by atoms with van der Waals surface area (Å²) in [5, 5.41) is 7.15. The molecule has 7 nitrogen and oxygen atoms in total. The van der Waals surface area contributed by atoms with Gasteiger partial charge in [0.05, 0.1) is 19.3 Å². The van der Waals surface area contributed by atoms with Crippen LogP contribution in [-0.4, -0.2) is 35.9 Å². The van der Waals surface area contributed by atoms with E-state index >= 15 is 0 Å². The summed E-state index contributed by atoms with van der Waals surface area (Å²) in [6.45, 7) is 4.38. The minimum atomic E-state index is -0.257. The van der Waals surface area contributed by atoms with Crippen molar-refractivity contribution in [2.75, 3.05) is 20.3 Å². The number of methoxy groups -OCH3 is 1. The second-order valence-corrected chi connectivity index (χ2v) is 6.85. The molecule has 30 heavy (non-hydrogen) atoms. The van der Waals surface area contributed by atoms with Gasteiger partial charge in [-0.15, -0.1) is 0 Å². The third kappa shape index (κ3) is 5.26. The van der Waals surface area contributed by atoms with Gasteiger partial charge < -0.3 is 14.8 Å². The van der Waals surface area contributed by atoms with Gasteiger partial charge in [-0.2, -0.15) is 5.10 Å². The molecule has 0 aliphatic carbocycles. The van der Waals surface area contributed by atoms with Gasteiger partial charge in [0.2, 0.25) is 0 Å². The van der Waals surface area contributed by atoms with Gasteiger partial charge in [0.15, 0.2) is 6.61 Å². The van der Waals surface area contributed by atoms with Crippen LogP contribution in [-0.2, 0) is 11.3 Å². The minimum absolute atomic E-state index is 0.0868. The number of benzene rings is 2. The molecule has 3 aromatic rings. The van der Waals surface area contributed by atoms with Gasteiger partial charge in [-0.25, -0.2) is 4.68 Å². The summed E-state index contributed by atoms with van der Waals surface area (Å²) in [7, 11) is 1.60. The third-order valence-corrected chi connectivity index (χ3v) is 4.79. The van der Waals surface area contributed by atoms with Crippen LogP contribution < -0.4 is 20.3 Å². The first kappa shape index (κ1) is 21.1. The Morgan fingerprint density at radius 2 is 1.90 bits per heavy atom. The molecule has 0 atom stereocenters. The first-order chi connectivity index (χ1) is 14.5. The predicted octanol–water partition coefficient (Wildman–Crippen LogP) is 2.73. The van der Waals surface area contributed by atoms with Gasteiger partial charge in [0.1, 0.15) is 11.5 Å². The van der Waals surface area contributed by atoms with E-state index in [2.05, 4.69) is 10.4 Å².